The standard InChI is InChI=1S/C21H22FN5O3/c1-27-9-13(8-23-27)12-2-3-15(18(28)6-12)16-4-5-20(26-25-16)30-19-7-14-10-29-11-17(24-14)21(19)22/h2-6,8-9,14,17,19,21,24,28H,7,10-11H2,1H3/t14?,17?,19-,21+/m1/s1. The fourth-order valence-electron chi connectivity index (χ4n) is 4.02. The predicted molar refractivity (Wildman–Crippen MR) is 107 cm³/mol. The number of halogens is 1. The smallest absolute Gasteiger partial charge is 0.233 e. The van der Waals surface area contributed by atoms with Crippen molar-refractivity contribution in [2.24, 2.45) is 7.05 Å². The number of nitrogens with zero attached hydrogens (tertiary/aromatic N) is 4. The number of aromatic hydroxyl groups is 1. The zero-order chi connectivity index (χ0) is 20.7. The lowest BCUT2D eigenvalue weighted by molar-refractivity contribution is -0.0594. The Hall–Kier alpha value is -3.04. The molecular weight excluding hydrogens is 389 g/mol. The average Bonchev–Trinajstić information content (AvgIpc) is 3.19. The van der Waals surface area contributed by atoms with E-state index in [1.54, 1.807) is 35.1 Å². The van der Waals surface area contributed by atoms with E-state index in [1.807, 2.05) is 19.3 Å². The lowest BCUT2D eigenvalue weighted by Crippen LogP contribution is -2.62. The molecule has 2 saturated heterocycles. The van der Waals surface area contributed by atoms with Crippen LogP contribution in [-0.2, 0) is 11.8 Å². The molecule has 0 spiro atoms. The van der Waals surface area contributed by atoms with Gasteiger partial charge >= 0.3 is 0 Å². The second-order valence-electron chi connectivity index (χ2n) is 7.74. The first-order valence-corrected chi connectivity index (χ1v) is 9.87. The first-order valence-electron chi connectivity index (χ1n) is 9.87. The predicted octanol–water partition coefficient (Wildman–Crippen LogP) is 2.10. The molecule has 0 saturated carbocycles. The highest BCUT2D eigenvalue weighted by Crippen LogP contribution is 2.33. The number of aryl methyl sites for hydroxylation is 1. The Balaban J connectivity index is 1.31. The number of rotatable bonds is 4. The van der Waals surface area contributed by atoms with Crippen LogP contribution in [0.5, 0.6) is 11.6 Å². The van der Waals surface area contributed by atoms with Gasteiger partial charge in [0, 0.05) is 42.9 Å². The summed E-state index contributed by atoms with van der Waals surface area (Å²) in [6.45, 7) is 0.901. The van der Waals surface area contributed by atoms with Crippen LogP contribution in [0.2, 0.25) is 0 Å². The molecule has 0 radical (unpaired) electrons. The SMILES string of the molecule is Cn1cc(-c2ccc(-c3ccc(O[C@@H]4CC5COCC(N5)[C@@H]4F)nn3)c(O)c2)cn1. The van der Waals surface area contributed by atoms with Gasteiger partial charge in [0.15, 0.2) is 6.17 Å². The molecule has 0 amide bonds. The van der Waals surface area contributed by atoms with Crippen LogP contribution in [0.15, 0.2) is 42.7 Å². The number of hydrogen-bond acceptors (Lipinski definition) is 7. The largest absolute Gasteiger partial charge is 0.507 e. The number of fused-ring (bicyclic) bond motifs is 2. The number of ether oxygens (including phenoxy) is 2. The van der Waals surface area contributed by atoms with Gasteiger partial charge in [0.25, 0.3) is 0 Å². The van der Waals surface area contributed by atoms with Gasteiger partial charge in [-0.1, -0.05) is 6.07 Å². The van der Waals surface area contributed by atoms with Crippen LogP contribution in [0.4, 0.5) is 4.39 Å². The van der Waals surface area contributed by atoms with Gasteiger partial charge in [-0.3, -0.25) is 4.68 Å². The summed E-state index contributed by atoms with van der Waals surface area (Å²) in [6, 6.07) is 8.43. The van der Waals surface area contributed by atoms with Crippen molar-refractivity contribution in [3.05, 3.63) is 42.7 Å². The first-order chi connectivity index (χ1) is 14.6. The average molecular weight is 411 g/mol. The molecule has 4 heterocycles. The summed E-state index contributed by atoms with van der Waals surface area (Å²) in [5, 5.41) is 26.1. The van der Waals surface area contributed by atoms with E-state index in [-0.39, 0.29) is 23.7 Å². The zero-order valence-corrected chi connectivity index (χ0v) is 16.4. The van der Waals surface area contributed by atoms with E-state index in [1.165, 1.54) is 0 Å². The number of hydrogen-bond donors (Lipinski definition) is 2. The Kier molecular flexibility index (Phi) is 4.84. The maximum atomic E-state index is 14.6. The second kappa shape index (κ2) is 7.66. The minimum absolute atomic E-state index is 0.0864. The Labute approximate surface area is 172 Å². The number of piperidine rings is 1. The molecule has 4 atom stereocenters. The second-order valence-corrected chi connectivity index (χ2v) is 7.74. The van der Waals surface area contributed by atoms with Crippen LogP contribution in [0, 0.1) is 0 Å². The molecule has 2 aliphatic heterocycles. The highest BCUT2D eigenvalue weighted by atomic mass is 19.1. The van der Waals surface area contributed by atoms with Crippen LogP contribution in [-0.4, -0.2) is 62.7 Å². The summed E-state index contributed by atoms with van der Waals surface area (Å²) in [5.74, 6) is 0.355. The van der Waals surface area contributed by atoms with Crippen molar-refractivity contribution in [3.63, 3.8) is 0 Å². The van der Waals surface area contributed by atoms with E-state index in [4.69, 9.17) is 9.47 Å². The summed E-state index contributed by atoms with van der Waals surface area (Å²) in [6.07, 6.45) is 2.36. The van der Waals surface area contributed by atoms with Crippen molar-refractivity contribution in [3.8, 4) is 34.0 Å². The van der Waals surface area contributed by atoms with Crippen molar-refractivity contribution in [1.29, 1.82) is 0 Å². The minimum atomic E-state index is -1.17. The van der Waals surface area contributed by atoms with Crippen molar-refractivity contribution >= 4 is 0 Å². The third kappa shape index (κ3) is 3.61. The zero-order valence-electron chi connectivity index (χ0n) is 16.4. The Bertz CT molecular complexity index is 1040. The van der Waals surface area contributed by atoms with Gasteiger partial charge in [-0.15, -0.1) is 10.2 Å². The van der Waals surface area contributed by atoms with E-state index in [0.29, 0.717) is 30.9 Å². The molecule has 9 heteroatoms. The third-order valence-electron chi connectivity index (χ3n) is 5.55. The normalized spacial score (nSPS) is 25.8. The number of aromatic nitrogens is 4. The summed E-state index contributed by atoms with van der Waals surface area (Å²) >= 11 is 0. The Morgan fingerprint density at radius 3 is 2.83 bits per heavy atom. The fourth-order valence-corrected chi connectivity index (χ4v) is 4.02. The van der Waals surface area contributed by atoms with Gasteiger partial charge in [-0.25, -0.2) is 4.39 Å². The van der Waals surface area contributed by atoms with E-state index in [0.717, 1.165) is 11.1 Å². The van der Waals surface area contributed by atoms with Crippen molar-refractivity contribution in [2.75, 3.05) is 13.2 Å². The van der Waals surface area contributed by atoms with E-state index in [9.17, 15) is 9.50 Å². The molecule has 5 rings (SSSR count). The molecule has 2 bridgehead atoms. The first kappa shape index (κ1) is 19.0. The highest BCUT2D eigenvalue weighted by Gasteiger charge is 2.42. The molecule has 8 nitrogen and oxygen atoms in total. The molecule has 2 fully saturated rings. The monoisotopic (exact) mass is 411 g/mol. The lowest BCUT2D eigenvalue weighted by atomic mass is 9.93. The maximum Gasteiger partial charge on any atom is 0.233 e. The Morgan fingerprint density at radius 1 is 1.20 bits per heavy atom. The number of phenols is 1. The molecule has 2 aromatic heterocycles. The van der Waals surface area contributed by atoms with Gasteiger partial charge in [-0.2, -0.15) is 5.10 Å². The number of alkyl halides is 1. The van der Waals surface area contributed by atoms with Crippen LogP contribution in [0.1, 0.15) is 6.42 Å². The van der Waals surface area contributed by atoms with Gasteiger partial charge in [0.1, 0.15) is 11.9 Å². The van der Waals surface area contributed by atoms with E-state index >= 15 is 0 Å². The van der Waals surface area contributed by atoms with Gasteiger partial charge < -0.3 is 19.9 Å². The maximum absolute atomic E-state index is 14.6. The summed E-state index contributed by atoms with van der Waals surface area (Å²) in [4.78, 5) is 0. The lowest BCUT2D eigenvalue weighted by Gasteiger charge is -2.41. The molecule has 0 aliphatic carbocycles. The Morgan fingerprint density at radius 2 is 2.10 bits per heavy atom. The number of benzene rings is 1. The molecule has 156 valence electrons. The van der Waals surface area contributed by atoms with Gasteiger partial charge in [-0.05, 0) is 23.8 Å². The molecule has 2 unspecified atom stereocenters. The number of nitrogens with one attached hydrogen (secondary N) is 1. The molecular formula is C21H22FN5O3. The fraction of sp³-hybridized carbons (Fsp3) is 0.381. The van der Waals surface area contributed by atoms with Crippen molar-refractivity contribution in [2.45, 2.75) is 30.8 Å². The summed E-state index contributed by atoms with van der Waals surface area (Å²) in [7, 11) is 1.84. The van der Waals surface area contributed by atoms with Crippen molar-refractivity contribution < 1.29 is 19.0 Å². The molecule has 2 aliphatic rings. The number of phenolic OH excluding ortho intramolecular Hbond substituents is 1. The summed E-state index contributed by atoms with van der Waals surface area (Å²) < 4.78 is 27.5. The van der Waals surface area contributed by atoms with Crippen molar-refractivity contribution in [1.82, 2.24) is 25.3 Å². The molecule has 1 aromatic carbocycles. The van der Waals surface area contributed by atoms with Crippen LogP contribution in [0.25, 0.3) is 22.4 Å². The van der Waals surface area contributed by atoms with Gasteiger partial charge in [0.2, 0.25) is 5.88 Å². The van der Waals surface area contributed by atoms with Crippen LogP contribution in [0.3, 0.4) is 0 Å². The third-order valence-corrected chi connectivity index (χ3v) is 5.55. The molecule has 3 aromatic rings. The topological polar surface area (TPSA) is 94.3 Å². The van der Waals surface area contributed by atoms with Crippen LogP contribution >= 0.6 is 0 Å². The van der Waals surface area contributed by atoms with E-state index < -0.39 is 12.3 Å². The molecule has 30 heavy (non-hydrogen) atoms. The van der Waals surface area contributed by atoms with Crippen LogP contribution < -0.4 is 10.1 Å². The number of morpholine rings is 1. The van der Waals surface area contributed by atoms with E-state index in [2.05, 4.69) is 20.6 Å². The minimum Gasteiger partial charge on any atom is -0.507 e. The van der Waals surface area contributed by atoms with Gasteiger partial charge in [0.05, 0.1) is 31.1 Å². The molecule has 2 N–H and O–H groups in total. The summed E-state index contributed by atoms with van der Waals surface area (Å²) in [5.41, 5.74) is 2.82. The highest BCUT2D eigenvalue weighted by molar-refractivity contribution is 5.73. The quantitative estimate of drug-likeness (QED) is 0.679.